The van der Waals surface area contributed by atoms with Crippen molar-refractivity contribution in [3.63, 3.8) is 0 Å². The number of hydrogen-bond acceptors (Lipinski definition) is 5. The maximum atomic E-state index is 4.71. The summed E-state index contributed by atoms with van der Waals surface area (Å²) in [6, 6.07) is 4.45. The smallest absolute Gasteiger partial charge is 0.131 e. The Morgan fingerprint density at radius 1 is 1.15 bits per heavy atom. The van der Waals surface area contributed by atoms with Crippen LogP contribution in [0.1, 0.15) is 36.7 Å². The molecule has 0 amide bonds. The lowest BCUT2D eigenvalue weighted by molar-refractivity contribution is 0.310. The second kappa shape index (κ2) is 8.18. The predicted molar refractivity (Wildman–Crippen MR) is 106 cm³/mol. The predicted octanol–water partition coefficient (Wildman–Crippen LogP) is 2.36. The molecular formula is C20H32N6. The fourth-order valence-corrected chi connectivity index (χ4v) is 3.82. The molecule has 0 spiro atoms. The molecule has 0 aliphatic carbocycles. The number of hydrogen-bond donors (Lipinski definition) is 1. The van der Waals surface area contributed by atoms with Gasteiger partial charge in [0.2, 0.25) is 0 Å². The Morgan fingerprint density at radius 2 is 1.88 bits per heavy atom. The van der Waals surface area contributed by atoms with Crippen molar-refractivity contribution in [1.82, 2.24) is 25.0 Å². The quantitative estimate of drug-likeness (QED) is 0.861. The lowest BCUT2D eigenvalue weighted by Gasteiger charge is -2.34. The molecule has 1 fully saturated rings. The Hall–Kier alpha value is -1.92. The minimum absolute atomic E-state index is 0.281. The zero-order chi connectivity index (χ0) is 18.7. The van der Waals surface area contributed by atoms with Gasteiger partial charge in [0.1, 0.15) is 5.82 Å². The molecule has 26 heavy (non-hydrogen) atoms. The van der Waals surface area contributed by atoms with E-state index in [1.807, 2.05) is 23.1 Å². The zero-order valence-corrected chi connectivity index (χ0v) is 16.7. The molecule has 1 aliphatic rings. The second-order valence-electron chi connectivity index (χ2n) is 7.69. The molecule has 6 heteroatoms. The van der Waals surface area contributed by atoms with Gasteiger partial charge >= 0.3 is 0 Å². The Morgan fingerprint density at radius 3 is 2.50 bits per heavy atom. The van der Waals surface area contributed by atoms with E-state index in [4.69, 9.17) is 5.10 Å². The van der Waals surface area contributed by atoms with Gasteiger partial charge < -0.3 is 15.1 Å². The first-order valence-corrected chi connectivity index (χ1v) is 9.56. The van der Waals surface area contributed by atoms with Gasteiger partial charge in [-0.1, -0.05) is 19.9 Å². The van der Waals surface area contributed by atoms with Crippen LogP contribution in [0.3, 0.4) is 0 Å². The highest BCUT2D eigenvalue weighted by Crippen LogP contribution is 2.27. The third-order valence-corrected chi connectivity index (χ3v) is 5.32. The van der Waals surface area contributed by atoms with Crippen LogP contribution in [0.4, 0.5) is 5.82 Å². The zero-order valence-electron chi connectivity index (χ0n) is 16.7. The molecule has 3 rings (SSSR count). The summed E-state index contributed by atoms with van der Waals surface area (Å²) < 4.78 is 2.05. The van der Waals surface area contributed by atoms with Crippen molar-refractivity contribution in [3.8, 4) is 0 Å². The normalized spacial score (nSPS) is 17.1. The van der Waals surface area contributed by atoms with Crippen molar-refractivity contribution < 1.29 is 0 Å². The first-order valence-electron chi connectivity index (χ1n) is 9.56. The van der Waals surface area contributed by atoms with Gasteiger partial charge in [0.25, 0.3) is 0 Å². The summed E-state index contributed by atoms with van der Waals surface area (Å²) in [5.74, 6) is 1.75. The molecule has 2 aromatic rings. The van der Waals surface area contributed by atoms with Gasteiger partial charge in [-0.05, 0) is 31.5 Å². The summed E-state index contributed by atoms with van der Waals surface area (Å²) in [5.41, 5.74) is 3.67. The van der Waals surface area contributed by atoms with Crippen molar-refractivity contribution in [2.45, 2.75) is 33.4 Å². The Kier molecular flexibility index (Phi) is 5.94. The molecule has 1 N–H and O–H groups in total. The van der Waals surface area contributed by atoms with E-state index in [0.717, 1.165) is 38.4 Å². The first kappa shape index (κ1) is 18.9. The molecule has 1 aliphatic heterocycles. The van der Waals surface area contributed by atoms with Crippen molar-refractivity contribution in [1.29, 1.82) is 0 Å². The molecule has 0 radical (unpaired) electrons. The van der Waals surface area contributed by atoms with Crippen LogP contribution >= 0.6 is 0 Å². The number of aryl methyl sites for hydroxylation is 2. The maximum absolute atomic E-state index is 4.71. The summed E-state index contributed by atoms with van der Waals surface area (Å²) >= 11 is 0. The number of likely N-dealkylation sites (N-methyl/N-ethyl adjacent to an activating group) is 1. The van der Waals surface area contributed by atoms with E-state index in [9.17, 15) is 0 Å². The average molecular weight is 357 g/mol. The van der Waals surface area contributed by atoms with Crippen LogP contribution in [0.2, 0.25) is 0 Å². The molecule has 0 bridgehead atoms. The van der Waals surface area contributed by atoms with Crippen molar-refractivity contribution in [2.24, 2.45) is 13.0 Å². The van der Waals surface area contributed by atoms with E-state index in [0.29, 0.717) is 5.92 Å². The monoisotopic (exact) mass is 356 g/mol. The highest BCUT2D eigenvalue weighted by atomic mass is 15.4. The van der Waals surface area contributed by atoms with Gasteiger partial charge in [0, 0.05) is 63.8 Å². The standard InChI is InChI=1S/C20H32N6/c1-15(2)19(17-7-6-8-21-13-17)22-14-18-16(3)23-25(5)20(18)26-11-9-24(4)10-12-26/h6-8,13,15,19,22H,9-12,14H2,1-5H3. The fourth-order valence-electron chi connectivity index (χ4n) is 3.82. The molecular weight excluding hydrogens is 324 g/mol. The molecule has 2 aromatic heterocycles. The summed E-state index contributed by atoms with van der Waals surface area (Å²) in [6.07, 6.45) is 3.80. The van der Waals surface area contributed by atoms with Crippen molar-refractivity contribution >= 4 is 5.82 Å². The number of piperazine rings is 1. The number of nitrogens with zero attached hydrogens (tertiary/aromatic N) is 5. The number of anilines is 1. The maximum Gasteiger partial charge on any atom is 0.131 e. The fraction of sp³-hybridized carbons (Fsp3) is 0.600. The van der Waals surface area contributed by atoms with E-state index in [1.54, 1.807) is 0 Å². The summed E-state index contributed by atoms with van der Waals surface area (Å²) in [4.78, 5) is 9.15. The van der Waals surface area contributed by atoms with Crippen molar-refractivity contribution in [3.05, 3.63) is 41.3 Å². The van der Waals surface area contributed by atoms with Crippen LogP contribution < -0.4 is 10.2 Å². The topological polar surface area (TPSA) is 49.2 Å². The lowest BCUT2D eigenvalue weighted by Crippen LogP contribution is -2.45. The van der Waals surface area contributed by atoms with Crippen LogP contribution in [-0.4, -0.2) is 52.9 Å². The van der Waals surface area contributed by atoms with Crippen LogP contribution in [-0.2, 0) is 13.6 Å². The van der Waals surface area contributed by atoms with Crippen LogP contribution in [0.5, 0.6) is 0 Å². The van der Waals surface area contributed by atoms with Gasteiger partial charge in [0.15, 0.2) is 0 Å². The van der Waals surface area contributed by atoms with Gasteiger partial charge in [-0.15, -0.1) is 0 Å². The molecule has 0 saturated carbocycles. The molecule has 6 nitrogen and oxygen atoms in total. The molecule has 1 saturated heterocycles. The van der Waals surface area contributed by atoms with E-state index >= 15 is 0 Å². The van der Waals surface area contributed by atoms with Gasteiger partial charge in [-0.3, -0.25) is 9.67 Å². The van der Waals surface area contributed by atoms with Gasteiger partial charge in [0.05, 0.1) is 5.69 Å². The minimum atomic E-state index is 0.281. The van der Waals surface area contributed by atoms with Crippen molar-refractivity contribution in [2.75, 3.05) is 38.1 Å². The third kappa shape index (κ3) is 4.07. The Balaban J connectivity index is 1.79. The second-order valence-corrected chi connectivity index (χ2v) is 7.69. The molecule has 1 unspecified atom stereocenters. The summed E-state index contributed by atoms with van der Waals surface area (Å²) in [7, 11) is 4.25. The molecule has 1 atom stereocenters. The highest BCUT2D eigenvalue weighted by molar-refractivity contribution is 5.50. The Labute approximate surface area is 157 Å². The number of rotatable bonds is 6. The SMILES string of the molecule is Cc1nn(C)c(N2CCN(C)CC2)c1CNC(c1cccnc1)C(C)C. The Bertz CT molecular complexity index is 701. The largest absolute Gasteiger partial charge is 0.354 e. The molecule has 3 heterocycles. The van der Waals surface area contributed by atoms with E-state index in [-0.39, 0.29) is 6.04 Å². The van der Waals surface area contributed by atoms with E-state index in [2.05, 4.69) is 61.0 Å². The van der Waals surface area contributed by atoms with Crippen LogP contribution in [0.15, 0.2) is 24.5 Å². The minimum Gasteiger partial charge on any atom is -0.354 e. The number of pyridine rings is 1. The summed E-state index contributed by atoms with van der Waals surface area (Å²) in [5, 5.41) is 8.47. The van der Waals surface area contributed by atoms with Crippen LogP contribution in [0.25, 0.3) is 0 Å². The van der Waals surface area contributed by atoms with Gasteiger partial charge in [-0.2, -0.15) is 5.10 Å². The van der Waals surface area contributed by atoms with E-state index in [1.165, 1.54) is 16.9 Å². The molecule has 142 valence electrons. The first-order chi connectivity index (χ1) is 12.5. The molecule has 0 aromatic carbocycles. The number of nitrogens with one attached hydrogen (secondary N) is 1. The highest BCUT2D eigenvalue weighted by Gasteiger charge is 2.24. The lowest BCUT2D eigenvalue weighted by atomic mass is 9.97. The summed E-state index contributed by atoms with van der Waals surface area (Å²) in [6.45, 7) is 11.7. The number of aromatic nitrogens is 3. The average Bonchev–Trinajstić information content (AvgIpc) is 2.90. The van der Waals surface area contributed by atoms with E-state index < -0.39 is 0 Å². The third-order valence-electron chi connectivity index (χ3n) is 5.32. The van der Waals surface area contributed by atoms with Crippen LogP contribution in [0, 0.1) is 12.8 Å². The van der Waals surface area contributed by atoms with Gasteiger partial charge in [-0.25, -0.2) is 0 Å².